The first kappa shape index (κ1) is 17.0. The zero-order valence-electron chi connectivity index (χ0n) is 12.8. The number of ether oxygens (including phenoxy) is 1. The van der Waals surface area contributed by atoms with Crippen molar-refractivity contribution in [3.05, 3.63) is 30.3 Å². The van der Waals surface area contributed by atoms with E-state index in [4.69, 9.17) is 4.74 Å². The molecule has 2 atom stereocenters. The molecule has 1 aromatic rings. The van der Waals surface area contributed by atoms with Crippen LogP contribution < -0.4 is 10.1 Å². The monoisotopic (exact) mass is 279 g/mol. The lowest BCUT2D eigenvalue weighted by molar-refractivity contribution is 0.105. The van der Waals surface area contributed by atoms with E-state index in [2.05, 4.69) is 19.2 Å². The number of hydrogen-bond donors (Lipinski definition) is 2. The smallest absolute Gasteiger partial charge is 0.119 e. The summed E-state index contributed by atoms with van der Waals surface area (Å²) in [5.41, 5.74) is 0. The molecule has 3 heteroatoms. The molecule has 0 aliphatic carbocycles. The Hall–Kier alpha value is -1.06. The van der Waals surface area contributed by atoms with Gasteiger partial charge in [-0.3, -0.25) is 0 Å². The molecular weight excluding hydrogens is 250 g/mol. The number of nitrogens with one attached hydrogen (secondary N) is 1. The minimum Gasteiger partial charge on any atom is -0.491 e. The molecule has 0 aliphatic heterocycles. The quantitative estimate of drug-likeness (QED) is 0.653. The number of benzene rings is 1. The molecule has 1 rings (SSSR count). The van der Waals surface area contributed by atoms with E-state index >= 15 is 0 Å². The Kier molecular flexibility index (Phi) is 9.09. The fourth-order valence-electron chi connectivity index (χ4n) is 2.17. The largest absolute Gasteiger partial charge is 0.491 e. The molecule has 0 fully saturated rings. The van der Waals surface area contributed by atoms with Crippen LogP contribution in [0.4, 0.5) is 0 Å². The predicted molar refractivity (Wildman–Crippen MR) is 84.1 cm³/mol. The Balaban J connectivity index is 2.11. The first-order chi connectivity index (χ1) is 9.76. The molecular formula is C17H29NO2. The van der Waals surface area contributed by atoms with E-state index in [9.17, 15) is 5.11 Å². The lowest BCUT2D eigenvalue weighted by Crippen LogP contribution is -2.34. The summed E-state index contributed by atoms with van der Waals surface area (Å²) in [6, 6.07) is 9.61. The van der Waals surface area contributed by atoms with E-state index in [1.165, 1.54) is 25.7 Å². The van der Waals surface area contributed by atoms with Crippen LogP contribution in [0.1, 0.15) is 39.5 Å². The standard InChI is InChI=1S/C17H29NO2/c1-3-5-9-15(4-2)12-18-13-16(19)14-20-17-10-7-6-8-11-17/h6-8,10-11,15-16,18-19H,3-5,9,12-14H2,1-2H3. The number of rotatable bonds is 11. The van der Waals surface area contributed by atoms with Gasteiger partial charge in [-0.2, -0.15) is 0 Å². The number of aliphatic hydroxyl groups is 1. The van der Waals surface area contributed by atoms with Gasteiger partial charge in [-0.25, -0.2) is 0 Å². The van der Waals surface area contributed by atoms with Gasteiger partial charge in [0, 0.05) is 6.54 Å². The molecule has 114 valence electrons. The topological polar surface area (TPSA) is 41.5 Å². The molecule has 0 amide bonds. The third-order valence-electron chi connectivity index (χ3n) is 3.54. The molecule has 0 heterocycles. The van der Waals surface area contributed by atoms with Gasteiger partial charge in [-0.15, -0.1) is 0 Å². The van der Waals surface area contributed by atoms with Gasteiger partial charge in [0.1, 0.15) is 18.5 Å². The Bertz CT molecular complexity index is 329. The van der Waals surface area contributed by atoms with Crippen molar-refractivity contribution in [2.24, 2.45) is 5.92 Å². The van der Waals surface area contributed by atoms with Gasteiger partial charge in [0.2, 0.25) is 0 Å². The second-order valence-electron chi connectivity index (χ2n) is 5.35. The maximum absolute atomic E-state index is 9.88. The van der Waals surface area contributed by atoms with Crippen molar-refractivity contribution in [2.45, 2.75) is 45.6 Å². The average molecular weight is 279 g/mol. The summed E-state index contributed by atoms with van der Waals surface area (Å²) in [4.78, 5) is 0. The zero-order valence-corrected chi connectivity index (χ0v) is 12.8. The summed E-state index contributed by atoms with van der Waals surface area (Å²) >= 11 is 0. The molecule has 0 bridgehead atoms. The van der Waals surface area contributed by atoms with Crippen LogP contribution in [0.5, 0.6) is 5.75 Å². The Labute approximate surface area is 123 Å². The van der Waals surface area contributed by atoms with Crippen molar-refractivity contribution in [1.29, 1.82) is 0 Å². The maximum atomic E-state index is 9.88. The van der Waals surface area contributed by atoms with Gasteiger partial charge in [-0.1, -0.05) is 51.3 Å². The number of hydrogen-bond acceptors (Lipinski definition) is 3. The zero-order chi connectivity index (χ0) is 14.6. The summed E-state index contributed by atoms with van der Waals surface area (Å²) in [6.07, 6.45) is 4.56. The molecule has 0 radical (unpaired) electrons. The van der Waals surface area contributed by atoms with E-state index in [-0.39, 0.29) is 0 Å². The fraction of sp³-hybridized carbons (Fsp3) is 0.647. The Morgan fingerprint density at radius 2 is 1.90 bits per heavy atom. The van der Waals surface area contributed by atoms with Crippen LogP contribution in [0.25, 0.3) is 0 Å². The van der Waals surface area contributed by atoms with E-state index in [1.807, 2.05) is 30.3 Å². The average Bonchev–Trinajstić information content (AvgIpc) is 2.49. The van der Waals surface area contributed by atoms with Crippen LogP contribution in [0.2, 0.25) is 0 Å². The van der Waals surface area contributed by atoms with E-state index in [0.29, 0.717) is 13.2 Å². The van der Waals surface area contributed by atoms with Crippen molar-refractivity contribution in [3.8, 4) is 5.75 Å². The molecule has 0 aliphatic rings. The van der Waals surface area contributed by atoms with Crippen molar-refractivity contribution in [1.82, 2.24) is 5.32 Å². The van der Waals surface area contributed by atoms with Gasteiger partial charge in [-0.05, 0) is 31.0 Å². The Morgan fingerprint density at radius 1 is 1.15 bits per heavy atom. The molecule has 1 aromatic carbocycles. The minimum absolute atomic E-state index is 0.336. The number of unbranched alkanes of at least 4 members (excludes halogenated alkanes) is 1. The second-order valence-corrected chi connectivity index (χ2v) is 5.35. The third-order valence-corrected chi connectivity index (χ3v) is 3.54. The van der Waals surface area contributed by atoms with Gasteiger partial charge in [0.05, 0.1) is 0 Å². The van der Waals surface area contributed by atoms with E-state index < -0.39 is 6.10 Å². The summed E-state index contributed by atoms with van der Waals surface area (Å²) in [7, 11) is 0. The van der Waals surface area contributed by atoms with Crippen LogP contribution in [0.15, 0.2) is 30.3 Å². The van der Waals surface area contributed by atoms with Gasteiger partial charge in [0.25, 0.3) is 0 Å². The lowest BCUT2D eigenvalue weighted by atomic mass is 9.99. The molecule has 3 nitrogen and oxygen atoms in total. The summed E-state index contributed by atoms with van der Waals surface area (Å²) < 4.78 is 5.53. The summed E-state index contributed by atoms with van der Waals surface area (Å²) in [5, 5.41) is 13.2. The molecule has 0 aromatic heterocycles. The fourth-order valence-corrected chi connectivity index (χ4v) is 2.17. The molecule has 2 N–H and O–H groups in total. The van der Waals surface area contributed by atoms with E-state index in [0.717, 1.165) is 18.2 Å². The highest BCUT2D eigenvalue weighted by molar-refractivity contribution is 5.20. The van der Waals surface area contributed by atoms with Crippen molar-refractivity contribution in [3.63, 3.8) is 0 Å². The molecule has 0 spiro atoms. The van der Waals surface area contributed by atoms with E-state index in [1.54, 1.807) is 0 Å². The normalized spacial score (nSPS) is 13.9. The first-order valence-corrected chi connectivity index (χ1v) is 7.82. The van der Waals surface area contributed by atoms with Gasteiger partial charge < -0.3 is 15.2 Å². The first-order valence-electron chi connectivity index (χ1n) is 7.82. The maximum Gasteiger partial charge on any atom is 0.119 e. The van der Waals surface area contributed by atoms with Crippen LogP contribution in [0.3, 0.4) is 0 Å². The van der Waals surface area contributed by atoms with Crippen molar-refractivity contribution < 1.29 is 9.84 Å². The third kappa shape index (κ3) is 7.51. The SMILES string of the molecule is CCCCC(CC)CNCC(O)COc1ccccc1. The van der Waals surface area contributed by atoms with Crippen LogP contribution >= 0.6 is 0 Å². The summed E-state index contributed by atoms with van der Waals surface area (Å²) in [6.45, 7) is 6.37. The van der Waals surface area contributed by atoms with Crippen molar-refractivity contribution >= 4 is 0 Å². The van der Waals surface area contributed by atoms with Crippen LogP contribution in [-0.2, 0) is 0 Å². The van der Waals surface area contributed by atoms with Gasteiger partial charge in [0.15, 0.2) is 0 Å². The highest BCUT2D eigenvalue weighted by Gasteiger charge is 2.08. The second kappa shape index (κ2) is 10.7. The molecule has 0 saturated carbocycles. The molecule has 0 saturated heterocycles. The highest BCUT2D eigenvalue weighted by Crippen LogP contribution is 2.11. The minimum atomic E-state index is -0.459. The van der Waals surface area contributed by atoms with Crippen molar-refractivity contribution in [2.75, 3.05) is 19.7 Å². The Morgan fingerprint density at radius 3 is 2.55 bits per heavy atom. The van der Waals surface area contributed by atoms with Crippen LogP contribution in [-0.4, -0.2) is 30.9 Å². The molecule has 2 unspecified atom stereocenters. The predicted octanol–water partition coefficient (Wildman–Crippen LogP) is 3.23. The highest BCUT2D eigenvalue weighted by atomic mass is 16.5. The van der Waals surface area contributed by atoms with Crippen LogP contribution in [0, 0.1) is 5.92 Å². The summed E-state index contributed by atoms with van der Waals surface area (Å²) in [5.74, 6) is 1.53. The molecule has 20 heavy (non-hydrogen) atoms. The number of para-hydroxylation sites is 1. The number of aliphatic hydroxyl groups excluding tert-OH is 1. The van der Waals surface area contributed by atoms with Gasteiger partial charge >= 0.3 is 0 Å². The lowest BCUT2D eigenvalue weighted by Gasteiger charge is -2.17.